The second kappa shape index (κ2) is 20.2. The molecule has 0 aliphatic rings. The molecule has 0 aromatic heterocycles. The van der Waals surface area contributed by atoms with Gasteiger partial charge in [0.25, 0.3) is 0 Å². The summed E-state index contributed by atoms with van der Waals surface area (Å²) in [6.45, 7) is 0. The summed E-state index contributed by atoms with van der Waals surface area (Å²) in [7, 11) is 0. The van der Waals surface area contributed by atoms with E-state index >= 15 is 0 Å². The van der Waals surface area contributed by atoms with Crippen LogP contribution in [0, 0.1) is 0 Å². The summed E-state index contributed by atoms with van der Waals surface area (Å²) in [4.78, 5) is 0. The van der Waals surface area contributed by atoms with Gasteiger partial charge in [-0.25, -0.2) is 0 Å². The van der Waals surface area contributed by atoms with Gasteiger partial charge in [-0.05, 0) is 0 Å². The second-order valence-corrected chi connectivity index (χ2v) is 0. The summed E-state index contributed by atoms with van der Waals surface area (Å²) in [6.07, 6.45) is 0. The molecule has 0 aromatic rings. The van der Waals surface area contributed by atoms with Gasteiger partial charge >= 0.3 is 0 Å². The van der Waals surface area contributed by atoms with E-state index in [1.54, 1.807) is 0 Å². The summed E-state index contributed by atoms with van der Waals surface area (Å²) in [5, 5.41) is 0. The maximum absolute atomic E-state index is 0. The minimum absolute atomic E-state index is 0. The monoisotopic (exact) mass is 345 g/mol. The van der Waals surface area contributed by atoms with Crippen LogP contribution in [0.25, 0.3) is 0 Å². The van der Waals surface area contributed by atoms with Gasteiger partial charge in [-0.1, -0.05) is 0 Å². The average Bonchev–Trinajstić information content (AvgIpc) is 0. The van der Waals surface area contributed by atoms with E-state index in [0.29, 0.717) is 0 Å². The zero-order valence-electron chi connectivity index (χ0n) is 1.80. The van der Waals surface area contributed by atoms with Gasteiger partial charge in [0.2, 0.25) is 0 Å². The second-order valence-electron chi connectivity index (χ2n) is 0. The van der Waals surface area contributed by atoms with Gasteiger partial charge in [0.05, 0.1) is 0 Å². The molecule has 0 aromatic carbocycles. The fourth-order valence-electron chi connectivity index (χ4n) is 0. The van der Waals surface area contributed by atoms with Crippen LogP contribution in [-0.2, 0) is 59.5 Å². The maximum Gasteiger partial charge on any atom is 0 e. The summed E-state index contributed by atoms with van der Waals surface area (Å²) in [6, 6.07) is 0. The van der Waals surface area contributed by atoms with Gasteiger partial charge in [-0.2, -0.15) is 0 Å². The van der Waals surface area contributed by atoms with Crippen LogP contribution in [0.3, 0.4) is 0 Å². The van der Waals surface area contributed by atoms with Crippen LogP contribution in [0.1, 0.15) is 0 Å². The van der Waals surface area contributed by atoms with Crippen molar-refractivity contribution in [3.63, 3.8) is 0 Å². The summed E-state index contributed by atoms with van der Waals surface area (Å²) in [5.74, 6) is 0. The van der Waals surface area contributed by atoms with Gasteiger partial charge in [0.15, 0.2) is 0 Å². The Kier molecular flexibility index (Phi) is 191. The SMILES string of the molecule is [B].[Cr].[Mo].[W]. The zero-order valence-corrected chi connectivity index (χ0v) is 8.02. The molecule has 3 radical (unpaired) electrons. The van der Waals surface area contributed by atoms with Crippen molar-refractivity contribution < 1.29 is 59.5 Å². The molecular formula is BCrMoW. The smallest absolute Gasteiger partial charge is 0 e. The van der Waals surface area contributed by atoms with Crippen LogP contribution < -0.4 is 0 Å². The van der Waals surface area contributed by atoms with Gasteiger partial charge < -0.3 is 0 Å². The molecule has 0 amide bonds. The van der Waals surface area contributed by atoms with E-state index in [2.05, 4.69) is 0 Å². The molecule has 0 N–H and O–H groups in total. The first-order chi connectivity index (χ1) is 0. The summed E-state index contributed by atoms with van der Waals surface area (Å²) >= 11 is 0. The third kappa shape index (κ3) is 9.02. The maximum atomic E-state index is 0. The van der Waals surface area contributed by atoms with Crippen LogP contribution in [0.2, 0.25) is 0 Å². The van der Waals surface area contributed by atoms with Gasteiger partial charge in [0, 0.05) is 67.9 Å². The fraction of sp³-hybridized carbons (Fsp3) is 0. The summed E-state index contributed by atoms with van der Waals surface area (Å²) in [5.41, 5.74) is 0. The molecule has 0 heterocycles. The minimum Gasteiger partial charge on any atom is 0 e. The van der Waals surface area contributed by atoms with Crippen molar-refractivity contribution in [1.82, 2.24) is 0 Å². The molecule has 0 aliphatic carbocycles. The van der Waals surface area contributed by atoms with Crippen LogP contribution in [0.5, 0.6) is 0 Å². The van der Waals surface area contributed by atoms with E-state index in [1.807, 2.05) is 0 Å². The van der Waals surface area contributed by atoms with Crippen molar-refractivity contribution in [3.05, 3.63) is 0 Å². The largest absolute Gasteiger partial charge is 0 e. The van der Waals surface area contributed by atoms with Gasteiger partial charge in [-0.15, -0.1) is 0 Å². The van der Waals surface area contributed by atoms with Crippen molar-refractivity contribution in [2.24, 2.45) is 0 Å². The standard InChI is InChI=1S/B.Cr.Mo.W. The number of hydrogen-bond acceptors (Lipinski definition) is 0. The molecule has 0 rings (SSSR count). The first-order valence-corrected chi connectivity index (χ1v) is 0. The van der Waals surface area contributed by atoms with E-state index in [1.165, 1.54) is 0 Å². The van der Waals surface area contributed by atoms with E-state index in [0.717, 1.165) is 0 Å². The van der Waals surface area contributed by atoms with Crippen molar-refractivity contribution in [1.29, 1.82) is 0 Å². The molecule has 0 saturated heterocycles. The fourth-order valence-corrected chi connectivity index (χ4v) is 0. The third-order valence-corrected chi connectivity index (χ3v) is 0. The predicted molar refractivity (Wildman–Crippen MR) is 5.75 cm³/mol. The van der Waals surface area contributed by atoms with Gasteiger partial charge in [-0.3, -0.25) is 0 Å². The Morgan fingerprint density at radius 1 is 1.00 bits per heavy atom. The molecule has 4 heavy (non-hydrogen) atoms. The van der Waals surface area contributed by atoms with Crippen molar-refractivity contribution in [3.8, 4) is 0 Å². The van der Waals surface area contributed by atoms with Crippen LogP contribution >= 0.6 is 0 Å². The van der Waals surface area contributed by atoms with E-state index < -0.39 is 0 Å². The zero-order chi connectivity index (χ0) is 0. The third-order valence-electron chi connectivity index (χ3n) is 0. The number of rotatable bonds is 0. The Balaban J connectivity index is 0. The van der Waals surface area contributed by atoms with E-state index in [9.17, 15) is 0 Å². The first-order valence-electron chi connectivity index (χ1n) is 0. The summed E-state index contributed by atoms with van der Waals surface area (Å²) < 4.78 is 0. The Bertz CT molecular complexity index is 8.00. The quantitative estimate of drug-likeness (QED) is 0.526. The molecular weight excluding hydrogens is 343 g/mol. The molecule has 0 unspecified atom stereocenters. The van der Waals surface area contributed by atoms with Crippen LogP contribution in [0.4, 0.5) is 0 Å². The molecule has 0 spiro atoms. The van der Waals surface area contributed by atoms with E-state index in [4.69, 9.17) is 0 Å². The Morgan fingerprint density at radius 2 is 1.00 bits per heavy atom. The molecule has 0 nitrogen and oxygen atoms in total. The minimum atomic E-state index is 0. The van der Waals surface area contributed by atoms with Crippen molar-refractivity contribution in [2.75, 3.05) is 0 Å². The van der Waals surface area contributed by atoms with E-state index in [-0.39, 0.29) is 67.9 Å². The average molecular weight is 343 g/mol. The Labute approximate surface area is 67.3 Å². The normalized spacial score (nSPS) is 0. The topological polar surface area (TPSA) is 0 Å². The Morgan fingerprint density at radius 3 is 1.00 bits per heavy atom. The molecule has 4 heteroatoms. The molecule has 0 fully saturated rings. The van der Waals surface area contributed by atoms with Crippen molar-refractivity contribution >= 4 is 8.41 Å². The predicted octanol–water partition coefficient (Wildman–Crippen LogP) is -0.388. The van der Waals surface area contributed by atoms with Crippen LogP contribution in [0.15, 0.2) is 0 Å². The molecule has 0 saturated carbocycles. The first kappa shape index (κ1) is 37.9. The molecule has 0 aliphatic heterocycles. The van der Waals surface area contributed by atoms with Gasteiger partial charge in [0.1, 0.15) is 0 Å². The molecule has 21 valence electrons. The number of hydrogen-bond donors (Lipinski definition) is 0. The molecule has 0 bridgehead atoms. The van der Waals surface area contributed by atoms with Crippen LogP contribution in [-0.4, -0.2) is 8.41 Å². The van der Waals surface area contributed by atoms with Crippen molar-refractivity contribution in [2.45, 2.75) is 0 Å². The molecule has 0 atom stereocenters. The Hall–Kier alpha value is 1.97.